The third kappa shape index (κ3) is 3.68. The number of nitrogens with one attached hydrogen (secondary N) is 2. The van der Waals surface area contributed by atoms with Gasteiger partial charge in [-0.3, -0.25) is 5.10 Å². The van der Waals surface area contributed by atoms with Gasteiger partial charge in [-0.15, -0.1) is 0 Å². The second kappa shape index (κ2) is 7.48. The van der Waals surface area contributed by atoms with Crippen LogP contribution in [-0.4, -0.2) is 29.4 Å². The Morgan fingerprint density at radius 2 is 1.64 bits per heavy atom. The maximum Gasteiger partial charge on any atom is 0.229 e. The number of H-pyrrole nitrogens is 1. The van der Waals surface area contributed by atoms with Gasteiger partial charge >= 0.3 is 0 Å². The van der Waals surface area contributed by atoms with Crippen LogP contribution in [0, 0.1) is 6.92 Å². The molecule has 28 heavy (non-hydrogen) atoms. The van der Waals surface area contributed by atoms with Gasteiger partial charge in [-0.25, -0.2) is 0 Å². The van der Waals surface area contributed by atoms with E-state index in [1.54, 1.807) is 14.2 Å². The molecular weight excluding hydrogens is 356 g/mol. The van der Waals surface area contributed by atoms with Crippen molar-refractivity contribution in [3.05, 3.63) is 60.3 Å². The SMILES string of the molecule is COc1cccc(Oc2nc(Nc3cc(C)[nH]n3)cc3cc(OC)ccc23)c1. The minimum absolute atomic E-state index is 0.475. The number of methoxy groups -OCH3 is 2. The van der Waals surface area contributed by atoms with Gasteiger partial charge in [0.25, 0.3) is 0 Å². The Labute approximate surface area is 162 Å². The van der Waals surface area contributed by atoms with Crippen LogP contribution in [0.3, 0.4) is 0 Å². The van der Waals surface area contributed by atoms with Crippen LogP contribution in [0.15, 0.2) is 54.6 Å². The van der Waals surface area contributed by atoms with Crippen LogP contribution in [0.5, 0.6) is 23.1 Å². The Morgan fingerprint density at radius 3 is 2.39 bits per heavy atom. The number of aromatic amines is 1. The van der Waals surface area contributed by atoms with Crippen LogP contribution in [-0.2, 0) is 0 Å². The fraction of sp³-hybridized carbons (Fsp3) is 0.143. The normalized spacial score (nSPS) is 10.7. The highest BCUT2D eigenvalue weighted by atomic mass is 16.5. The van der Waals surface area contributed by atoms with Gasteiger partial charge in [0.2, 0.25) is 5.88 Å². The molecule has 2 heterocycles. The molecule has 0 bridgehead atoms. The zero-order valence-corrected chi connectivity index (χ0v) is 15.8. The van der Waals surface area contributed by atoms with Crippen molar-refractivity contribution in [3.8, 4) is 23.1 Å². The Bertz CT molecular complexity index is 1120. The Morgan fingerprint density at radius 1 is 0.857 bits per heavy atom. The van der Waals surface area contributed by atoms with E-state index in [4.69, 9.17) is 14.2 Å². The monoisotopic (exact) mass is 376 g/mol. The van der Waals surface area contributed by atoms with Crippen LogP contribution < -0.4 is 19.5 Å². The molecule has 0 radical (unpaired) electrons. The second-order valence-corrected chi connectivity index (χ2v) is 6.24. The van der Waals surface area contributed by atoms with E-state index in [1.807, 2.05) is 61.5 Å². The van der Waals surface area contributed by atoms with Crippen molar-refractivity contribution < 1.29 is 14.2 Å². The molecule has 0 saturated heterocycles. The highest BCUT2D eigenvalue weighted by Crippen LogP contribution is 2.34. The van der Waals surface area contributed by atoms with Crippen LogP contribution in [0.1, 0.15) is 5.69 Å². The molecule has 2 N–H and O–H groups in total. The maximum atomic E-state index is 6.09. The predicted octanol–water partition coefficient (Wildman–Crippen LogP) is 4.82. The fourth-order valence-corrected chi connectivity index (χ4v) is 2.86. The average Bonchev–Trinajstić information content (AvgIpc) is 3.12. The average molecular weight is 376 g/mol. The first-order valence-electron chi connectivity index (χ1n) is 8.74. The summed E-state index contributed by atoms with van der Waals surface area (Å²) in [4.78, 5) is 4.64. The van der Waals surface area contributed by atoms with Crippen molar-refractivity contribution in [1.29, 1.82) is 0 Å². The number of hydrogen-bond acceptors (Lipinski definition) is 6. The van der Waals surface area contributed by atoms with Gasteiger partial charge < -0.3 is 19.5 Å². The van der Waals surface area contributed by atoms with Crippen molar-refractivity contribution in [1.82, 2.24) is 15.2 Å². The Kier molecular flexibility index (Phi) is 4.72. The molecular formula is C21H20N4O3. The van der Waals surface area contributed by atoms with Crippen LogP contribution in [0.25, 0.3) is 10.8 Å². The quantitative estimate of drug-likeness (QED) is 0.502. The largest absolute Gasteiger partial charge is 0.497 e. The van der Waals surface area contributed by atoms with Crippen molar-refractivity contribution in [2.24, 2.45) is 0 Å². The highest BCUT2D eigenvalue weighted by Gasteiger charge is 2.11. The number of aromatic nitrogens is 3. The number of anilines is 2. The molecule has 0 unspecified atom stereocenters. The zero-order chi connectivity index (χ0) is 19.5. The molecule has 0 saturated carbocycles. The summed E-state index contributed by atoms with van der Waals surface area (Å²) in [6.45, 7) is 1.94. The van der Waals surface area contributed by atoms with E-state index in [9.17, 15) is 0 Å². The maximum absolute atomic E-state index is 6.09. The number of aryl methyl sites for hydroxylation is 1. The molecule has 142 valence electrons. The lowest BCUT2D eigenvalue weighted by molar-refractivity contribution is 0.408. The van der Waals surface area contributed by atoms with Gasteiger partial charge in [0.1, 0.15) is 23.1 Å². The van der Waals surface area contributed by atoms with Crippen LogP contribution >= 0.6 is 0 Å². The molecule has 0 amide bonds. The lowest BCUT2D eigenvalue weighted by Gasteiger charge is -2.12. The van der Waals surface area contributed by atoms with E-state index >= 15 is 0 Å². The summed E-state index contributed by atoms with van der Waals surface area (Å²) in [6, 6.07) is 17.0. The van der Waals surface area contributed by atoms with Crippen molar-refractivity contribution in [3.63, 3.8) is 0 Å². The molecule has 0 aliphatic carbocycles. The van der Waals surface area contributed by atoms with Crippen LogP contribution in [0.2, 0.25) is 0 Å². The van der Waals surface area contributed by atoms with Crippen LogP contribution in [0.4, 0.5) is 11.6 Å². The molecule has 2 aromatic heterocycles. The topological polar surface area (TPSA) is 81.3 Å². The summed E-state index contributed by atoms with van der Waals surface area (Å²) >= 11 is 0. The van der Waals surface area contributed by atoms with Gasteiger partial charge in [-0.05, 0) is 48.7 Å². The predicted molar refractivity (Wildman–Crippen MR) is 108 cm³/mol. The first-order valence-corrected chi connectivity index (χ1v) is 8.74. The van der Waals surface area contributed by atoms with E-state index in [2.05, 4.69) is 20.5 Å². The summed E-state index contributed by atoms with van der Waals surface area (Å²) < 4.78 is 16.7. The number of hydrogen-bond donors (Lipinski definition) is 2. The summed E-state index contributed by atoms with van der Waals surface area (Å²) in [6.07, 6.45) is 0. The second-order valence-electron chi connectivity index (χ2n) is 6.24. The van der Waals surface area contributed by atoms with Crippen molar-refractivity contribution >= 4 is 22.4 Å². The van der Waals surface area contributed by atoms with E-state index < -0.39 is 0 Å². The molecule has 4 rings (SSSR count). The van der Waals surface area contributed by atoms with Gasteiger partial charge in [-0.2, -0.15) is 10.1 Å². The number of ether oxygens (including phenoxy) is 3. The fourth-order valence-electron chi connectivity index (χ4n) is 2.86. The Hall–Kier alpha value is -3.74. The van der Waals surface area contributed by atoms with Gasteiger partial charge in [0.05, 0.1) is 14.2 Å². The number of pyridine rings is 1. The lowest BCUT2D eigenvalue weighted by Crippen LogP contribution is -1.98. The first kappa shape index (κ1) is 17.7. The molecule has 2 aromatic carbocycles. The summed E-state index contributed by atoms with van der Waals surface area (Å²) in [5.41, 5.74) is 0.956. The molecule has 0 fully saturated rings. The van der Waals surface area contributed by atoms with E-state index in [0.717, 1.165) is 22.2 Å². The van der Waals surface area contributed by atoms with Gasteiger partial charge in [0.15, 0.2) is 5.82 Å². The number of nitrogens with zero attached hydrogens (tertiary/aromatic N) is 2. The lowest BCUT2D eigenvalue weighted by atomic mass is 10.1. The van der Waals surface area contributed by atoms with Gasteiger partial charge in [0, 0.05) is 23.2 Å². The van der Waals surface area contributed by atoms with Crippen molar-refractivity contribution in [2.75, 3.05) is 19.5 Å². The summed E-state index contributed by atoms with van der Waals surface area (Å²) in [5.74, 6) is 3.88. The molecule has 0 spiro atoms. The molecule has 4 aromatic rings. The first-order chi connectivity index (χ1) is 13.6. The van der Waals surface area contributed by atoms with E-state index in [1.165, 1.54) is 0 Å². The minimum atomic E-state index is 0.475. The number of rotatable bonds is 6. The highest BCUT2D eigenvalue weighted by molar-refractivity contribution is 5.90. The summed E-state index contributed by atoms with van der Waals surface area (Å²) in [5, 5.41) is 12.1. The minimum Gasteiger partial charge on any atom is -0.497 e. The molecule has 0 aliphatic heterocycles. The standard InChI is InChI=1S/C21H20N4O3/c1-13-9-20(25-24-13)22-19-11-14-10-16(27-3)7-8-18(14)21(23-19)28-17-6-4-5-15(12-17)26-2/h4-12H,1-3H3,(H2,22,23,24,25). The third-order valence-electron chi connectivity index (χ3n) is 4.22. The molecule has 0 aliphatic rings. The molecule has 7 heteroatoms. The Balaban J connectivity index is 1.77. The smallest absolute Gasteiger partial charge is 0.229 e. The molecule has 0 atom stereocenters. The molecule has 7 nitrogen and oxygen atoms in total. The third-order valence-corrected chi connectivity index (χ3v) is 4.22. The summed E-state index contributed by atoms with van der Waals surface area (Å²) in [7, 11) is 3.26. The van der Waals surface area contributed by atoms with E-state index in [-0.39, 0.29) is 0 Å². The van der Waals surface area contributed by atoms with E-state index in [0.29, 0.717) is 29.0 Å². The van der Waals surface area contributed by atoms with Gasteiger partial charge in [-0.1, -0.05) is 6.07 Å². The zero-order valence-electron chi connectivity index (χ0n) is 15.8. The van der Waals surface area contributed by atoms with Crippen molar-refractivity contribution in [2.45, 2.75) is 6.92 Å². The number of benzene rings is 2. The number of fused-ring (bicyclic) bond motifs is 1.